The second-order valence-electron chi connectivity index (χ2n) is 9.99. The molecule has 6 rings (SSSR count). The van der Waals surface area contributed by atoms with Crippen LogP contribution in [0.15, 0.2) is 48.6 Å². The Morgan fingerprint density at radius 1 is 1.15 bits per heavy atom. The van der Waals surface area contributed by atoms with Gasteiger partial charge in [0.15, 0.2) is 0 Å². The topological polar surface area (TPSA) is 58.4 Å². The third kappa shape index (κ3) is 3.94. The standard InChI is InChI=1S/C28H32N6/c1-20-16-33(27-7-6-23(14-29)28-26(27)3-2-9-31-28)19-25-18-32(11-12-34(20)25)17-21-4-5-22-8-10-30-15-24(22)13-21/h2-7,9,13,20,25,30H,8,10-12,15-19H2,1H3/t20-,25+/m1/s1/i9D. The van der Waals surface area contributed by atoms with E-state index in [-0.39, 0.29) is 6.17 Å². The number of rotatable bonds is 3. The van der Waals surface area contributed by atoms with Crippen LogP contribution in [0.2, 0.25) is 0 Å². The van der Waals surface area contributed by atoms with E-state index in [1.807, 2.05) is 12.1 Å². The first kappa shape index (κ1) is 20.4. The molecule has 34 heavy (non-hydrogen) atoms. The zero-order chi connectivity index (χ0) is 23.9. The zero-order valence-electron chi connectivity index (χ0n) is 20.8. The van der Waals surface area contributed by atoms with Crippen molar-refractivity contribution >= 4 is 16.6 Å². The molecule has 2 atom stereocenters. The first-order valence-corrected chi connectivity index (χ1v) is 12.4. The van der Waals surface area contributed by atoms with Crippen molar-refractivity contribution < 1.29 is 1.37 Å². The fourth-order valence-electron chi connectivity index (χ4n) is 6.13. The second kappa shape index (κ2) is 8.99. The lowest BCUT2D eigenvalue weighted by Crippen LogP contribution is -2.65. The van der Waals surface area contributed by atoms with E-state index in [4.69, 9.17) is 1.37 Å². The minimum absolute atomic E-state index is 0.199. The molecule has 3 aromatic rings. The van der Waals surface area contributed by atoms with E-state index < -0.39 is 0 Å². The summed E-state index contributed by atoms with van der Waals surface area (Å²) < 4.78 is 7.93. The molecule has 6 nitrogen and oxygen atoms in total. The normalized spacial score (nSPS) is 23.8. The number of aromatic nitrogens is 1. The van der Waals surface area contributed by atoms with E-state index in [0.717, 1.165) is 69.9 Å². The van der Waals surface area contributed by atoms with Crippen LogP contribution in [-0.4, -0.2) is 66.1 Å². The summed E-state index contributed by atoms with van der Waals surface area (Å²) in [5.41, 5.74) is 6.67. The molecule has 0 radical (unpaired) electrons. The molecule has 174 valence electrons. The first-order chi connectivity index (χ1) is 17.1. The van der Waals surface area contributed by atoms with Gasteiger partial charge in [-0.25, -0.2) is 0 Å². The van der Waals surface area contributed by atoms with Gasteiger partial charge < -0.3 is 10.2 Å². The van der Waals surface area contributed by atoms with E-state index in [9.17, 15) is 5.26 Å². The summed E-state index contributed by atoms with van der Waals surface area (Å²) in [5.74, 6) is 0. The summed E-state index contributed by atoms with van der Waals surface area (Å²) in [7, 11) is 0. The number of anilines is 1. The van der Waals surface area contributed by atoms with Crippen molar-refractivity contribution in [3.05, 3.63) is 70.9 Å². The second-order valence-corrected chi connectivity index (χ2v) is 9.99. The molecule has 4 heterocycles. The minimum Gasteiger partial charge on any atom is -0.368 e. The molecule has 0 spiro atoms. The summed E-state index contributed by atoms with van der Waals surface area (Å²) in [5, 5.41) is 14.0. The minimum atomic E-state index is 0.199. The van der Waals surface area contributed by atoms with Crippen molar-refractivity contribution in [2.45, 2.75) is 38.5 Å². The van der Waals surface area contributed by atoms with Gasteiger partial charge in [-0.1, -0.05) is 18.2 Å². The number of hydrogen-bond acceptors (Lipinski definition) is 6. The van der Waals surface area contributed by atoms with E-state index in [1.54, 1.807) is 6.07 Å². The van der Waals surface area contributed by atoms with Crippen LogP contribution in [0.1, 0.15) is 30.5 Å². The number of hydrogen-bond donors (Lipinski definition) is 1. The molecular weight excluding hydrogens is 420 g/mol. The molecule has 0 amide bonds. The first-order valence-electron chi connectivity index (χ1n) is 12.9. The van der Waals surface area contributed by atoms with Crippen molar-refractivity contribution in [1.82, 2.24) is 20.1 Å². The van der Waals surface area contributed by atoms with Crippen LogP contribution < -0.4 is 10.2 Å². The highest BCUT2D eigenvalue weighted by molar-refractivity contribution is 5.95. The van der Waals surface area contributed by atoms with Gasteiger partial charge in [0.05, 0.1) is 12.5 Å². The lowest BCUT2D eigenvalue weighted by atomic mass is 9.97. The maximum Gasteiger partial charge on any atom is 0.101 e. The predicted octanol–water partition coefficient (Wildman–Crippen LogP) is 3.15. The van der Waals surface area contributed by atoms with E-state index >= 15 is 0 Å². The zero-order valence-corrected chi connectivity index (χ0v) is 19.8. The lowest BCUT2D eigenvalue weighted by Gasteiger charge is -2.51. The number of nitrogens with one attached hydrogen (secondary N) is 1. The van der Waals surface area contributed by atoms with Crippen LogP contribution in [0.3, 0.4) is 0 Å². The predicted molar refractivity (Wildman–Crippen MR) is 136 cm³/mol. The highest BCUT2D eigenvalue weighted by atomic mass is 15.4. The van der Waals surface area contributed by atoms with E-state index in [0.29, 0.717) is 23.2 Å². The summed E-state index contributed by atoms with van der Waals surface area (Å²) in [6.45, 7) is 10.6. The molecular formula is C28H32N6. The molecule has 1 aromatic heterocycles. The molecule has 1 N–H and O–H groups in total. The third-order valence-electron chi connectivity index (χ3n) is 7.81. The van der Waals surface area contributed by atoms with Gasteiger partial charge >= 0.3 is 0 Å². The Kier molecular flexibility index (Phi) is 5.40. The molecule has 0 aliphatic carbocycles. The number of piperazine rings is 2. The number of nitrogens with zero attached hydrogens (tertiary/aromatic N) is 5. The van der Waals surface area contributed by atoms with Crippen molar-refractivity contribution in [2.75, 3.05) is 44.2 Å². The molecule has 0 unspecified atom stereocenters. The van der Waals surface area contributed by atoms with Crippen LogP contribution in [-0.2, 0) is 19.5 Å². The van der Waals surface area contributed by atoms with Crippen molar-refractivity contribution in [2.24, 2.45) is 0 Å². The Bertz CT molecular complexity index is 1300. The number of benzene rings is 2. The van der Waals surface area contributed by atoms with Gasteiger partial charge in [0.2, 0.25) is 0 Å². The van der Waals surface area contributed by atoms with Gasteiger partial charge in [0.25, 0.3) is 0 Å². The van der Waals surface area contributed by atoms with Crippen LogP contribution >= 0.6 is 0 Å². The van der Waals surface area contributed by atoms with Crippen LogP contribution in [0.25, 0.3) is 10.9 Å². The number of pyridine rings is 1. The summed E-state index contributed by atoms with van der Waals surface area (Å²) in [6.07, 6.45) is 1.33. The largest absolute Gasteiger partial charge is 0.368 e. The van der Waals surface area contributed by atoms with Crippen molar-refractivity contribution in [3.63, 3.8) is 0 Å². The van der Waals surface area contributed by atoms with E-state index in [1.165, 1.54) is 16.7 Å². The molecule has 6 heteroatoms. The third-order valence-corrected chi connectivity index (χ3v) is 7.81. The summed E-state index contributed by atoms with van der Waals surface area (Å²) in [4.78, 5) is 12.1. The molecule has 2 aromatic carbocycles. The molecule has 0 saturated carbocycles. The molecule has 3 aliphatic rings. The van der Waals surface area contributed by atoms with Crippen molar-refractivity contribution in [1.29, 1.82) is 5.26 Å². The highest BCUT2D eigenvalue weighted by Crippen LogP contribution is 2.32. The van der Waals surface area contributed by atoms with Gasteiger partial charge in [-0.2, -0.15) is 5.26 Å². The molecule has 2 fully saturated rings. The van der Waals surface area contributed by atoms with Crippen LogP contribution in [0, 0.1) is 11.3 Å². The average Bonchev–Trinajstić information content (AvgIpc) is 2.87. The quantitative estimate of drug-likeness (QED) is 0.658. The van der Waals surface area contributed by atoms with Crippen LogP contribution in [0.4, 0.5) is 5.69 Å². The van der Waals surface area contributed by atoms with E-state index in [2.05, 4.69) is 62.3 Å². The van der Waals surface area contributed by atoms with Gasteiger partial charge in [-0.15, -0.1) is 0 Å². The summed E-state index contributed by atoms with van der Waals surface area (Å²) in [6, 6.07) is 17.8. The fourth-order valence-corrected chi connectivity index (χ4v) is 6.13. The summed E-state index contributed by atoms with van der Waals surface area (Å²) >= 11 is 0. The Balaban J connectivity index is 1.22. The van der Waals surface area contributed by atoms with Gasteiger partial charge in [-0.3, -0.25) is 14.8 Å². The fraction of sp³-hybridized carbons (Fsp3) is 0.429. The number of nitriles is 1. The Morgan fingerprint density at radius 3 is 3.00 bits per heavy atom. The maximum atomic E-state index is 9.56. The Labute approximate surface area is 203 Å². The van der Waals surface area contributed by atoms with Gasteiger partial charge in [-0.05, 0) is 60.8 Å². The van der Waals surface area contributed by atoms with Crippen molar-refractivity contribution in [3.8, 4) is 6.07 Å². The maximum absolute atomic E-state index is 9.56. The Hall–Kier alpha value is -2.98. The monoisotopic (exact) mass is 453 g/mol. The number of fused-ring (bicyclic) bond motifs is 3. The lowest BCUT2D eigenvalue weighted by molar-refractivity contribution is 0.0317. The molecule has 0 bridgehead atoms. The Morgan fingerprint density at radius 2 is 2.09 bits per heavy atom. The van der Waals surface area contributed by atoms with Gasteiger partial charge in [0.1, 0.15) is 6.07 Å². The smallest absolute Gasteiger partial charge is 0.101 e. The highest BCUT2D eigenvalue weighted by Gasteiger charge is 2.36. The van der Waals surface area contributed by atoms with Crippen LogP contribution in [0.5, 0.6) is 0 Å². The van der Waals surface area contributed by atoms with Gasteiger partial charge in [0, 0.05) is 75.1 Å². The SMILES string of the molecule is [2H]c1ccc2c(N3C[C@@H]4CN(Cc5ccc6c(c5)CNCC6)CCN4[C@H](C)C3)ccc(C#N)c2n1. The average molecular weight is 454 g/mol. The molecule has 3 aliphatic heterocycles. The molecule has 2 saturated heterocycles.